The molecule has 0 aliphatic heterocycles. The lowest BCUT2D eigenvalue weighted by molar-refractivity contribution is 0.204. The van der Waals surface area contributed by atoms with E-state index in [4.69, 9.17) is 0 Å². The highest BCUT2D eigenvalue weighted by Gasteiger charge is 2.06. The topological polar surface area (TPSA) is 20.2 Å². The van der Waals surface area contributed by atoms with Crippen molar-refractivity contribution in [2.75, 3.05) is 6.61 Å². The highest BCUT2D eigenvalue weighted by atomic mass is 16.3. The minimum Gasteiger partial charge on any atom is -0.396 e. The maximum atomic E-state index is 9.40. The Morgan fingerprint density at radius 1 is 0.500 bits per heavy atom. The van der Waals surface area contributed by atoms with Crippen LogP contribution in [0.15, 0.2) is 0 Å². The normalized spacial score (nSPS) is 12.7. The van der Waals surface area contributed by atoms with Gasteiger partial charge in [-0.1, -0.05) is 110 Å². The summed E-state index contributed by atoms with van der Waals surface area (Å²) in [6, 6.07) is 0. The van der Waals surface area contributed by atoms with Gasteiger partial charge in [0.05, 0.1) is 0 Å². The number of hydrogen-bond donors (Lipinski definition) is 1. The Morgan fingerprint density at radius 3 is 1.23 bits per heavy atom. The van der Waals surface area contributed by atoms with Crippen LogP contribution in [0.25, 0.3) is 0 Å². The first-order valence-electron chi connectivity index (χ1n) is 10.5. The molecule has 0 aliphatic rings. The van der Waals surface area contributed by atoms with Crippen LogP contribution in [0, 0.1) is 5.92 Å². The largest absolute Gasteiger partial charge is 0.396 e. The summed E-state index contributed by atoms with van der Waals surface area (Å²) in [5.74, 6) is 0.578. The first-order valence-corrected chi connectivity index (χ1v) is 10.5. The van der Waals surface area contributed by atoms with Crippen molar-refractivity contribution >= 4 is 0 Å². The summed E-state index contributed by atoms with van der Waals surface area (Å²) < 4.78 is 0. The summed E-state index contributed by atoms with van der Waals surface area (Å²) in [5.41, 5.74) is 0. The molecular formula is C21H44O. The van der Waals surface area contributed by atoms with E-state index >= 15 is 0 Å². The number of hydrogen-bond acceptors (Lipinski definition) is 1. The van der Waals surface area contributed by atoms with Crippen molar-refractivity contribution < 1.29 is 5.11 Å². The molecule has 1 heteroatoms. The monoisotopic (exact) mass is 312 g/mol. The third-order valence-electron chi connectivity index (χ3n) is 4.94. The molecule has 0 rings (SSSR count). The predicted molar refractivity (Wildman–Crippen MR) is 100 cm³/mol. The lowest BCUT2D eigenvalue weighted by Gasteiger charge is -2.13. The predicted octanol–water partition coefficient (Wildman–Crippen LogP) is 7.27. The van der Waals surface area contributed by atoms with E-state index in [1.54, 1.807) is 0 Å². The van der Waals surface area contributed by atoms with E-state index in [1.807, 2.05) is 0 Å². The second-order valence-corrected chi connectivity index (χ2v) is 7.22. The Morgan fingerprint density at radius 2 is 0.818 bits per heavy atom. The van der Waals surface area contributed by atoms with Gasteiger partial charge in [0.15, 0.2) is 0 Å². The quantitative estimate of drug-likeness (QED) is 0.264. The van der Waals surface area contributed by atoms with Crippen LogP contribution in [-0.4, -0.2) is 11.7 Å². The lowest BCUT2D eigenvalue weighted by atomic mass is 9.95. The molecule has 0 aromatic heterocycles. The molecule has 1 atom stereocenters. The smallest absolute Gasteiger partial charge is 0.0459 e. The Kier molecular flexibility index (Phi) is 19.0. The molecular weight excluding hydrogens is 268 g/mol. The SMILES string of the molecule is CCCCCCCCCCCCCCC(CO)CCCCC. The molecule has 0 bridgehead atoms. The van der Waals surface area contributed by atoms with Gasteiger partial charge in [-0.25, -0.2) is 0 Å². The van der Waals surface area contributed by atoms with Gasteiger partial charge in [-0.3, -0.25) is 0 Å². The highest BCUT2D eigenvalue weighted by molar-refractivity contribution is 4.59. The fourth-order valence-corrected chi connectivity index (χ4v) is 3.28. The van der Waals surface area contributed by atoms with Gasteiger partial charge in [0, 0.05) is 6.61 Å². The average Bonchev–Trinajstić information content (AvgIpc) is 2.54. The molecule has 0 aromatic carbocycles. The van der Waals surface area contributed by atoms with Gasteiger partial charge >= 0.3 is 0 Å². The van der Waals surface area contributed by atoms with Crippen LogP contribution < -0.4 is 0 Å². The fraction of sp³-hybridized carbons (Fsp3) is 1.00. The molecule has 0 aliphatic carbocycles. The molecule has 0 aromatic rings. The van der Waals surface area contributed by atoms with Crippen molar-refractivity contribution in [1.82, 2.24) is 0 Å². The fourth-order valence-electron chi connectivity index (χ4n) is 3.28. The van der Waals surface area contributed by atoms with Gasteiger partial charge in [-0.2, -0.15) is 0 Å². The van der Waals surface area contributed by atoms with Gasteiger partial charge < -0.3 is 5.11 Å². The van der Waals surface area contributed by atoms with Gasteiger partial charge in [0.25, 0.3) is 0 Å². The average molecular weight is 313 g/mol. The third kappa shape index (κ3) is 16.3. The van der Waals surface area contributed by atoms with Gasteiger partial charge in [0.2, 0.25) is 0 Å². The van der Waals surface area contributed by atoms with Crippen molar-refractivity contribution in [2.24, 2.45) is 5.92 Å². The summed E-state index contributed by atoms with van der Waals surface area (Å²) >= 11 is 0. The summed E-state index contributed by atoms with van der Waals surface area (Å²) in [4.78, 5) is 0. The minimum absolute atomic E-state index is 0.405. The molecule has 0 saturated heterocycles. The van der Waals surface area contributed by atoms with Gasteiger partial charge in [-0.05, 0) is 18.8 Å². The van der Waals surface area contributed by atoms with Crippen molar-refractivity contribution in [1.29, 1.82) is 0 Å². The molecule has 1 nitrogen and oxygen atoms in total. The van der Waals surface area contributed by atoms with Crippen LogP contribution in [0.3, 0.4) is 0 Å². The van der Waals surface area contributed by atoms with Crippen LogP contribution in [0.1, 0.15) is 123 Å². The molecule has 0 saturated carbocycles. The third-order valence-corrected chi connectivity index (χ3v) is 4.94. The van der Waals surface area contributed by atoms with E-state index in [0.29, 0.717) is 12.5 Å². The Balaban J connectivity index is 3.18. The molecule has 0 radical (unpaired) electrons. The van der Waals surface area contributed by atoms with Crippen LogP contribution in [0.4, 0.5) is 0 Å². The van der Waals surface area contributed by atoms with Crippen LogP contribution >= 0.6 is 0 Å². The van der Waals surface area contributed by atoms with Crippen LogP contribution in [-0.2, 0) is 0 Å². The summed E-state index contributed by atoms with van der Waals surface area (Å²) in [7, 11) is 0. The number of aliphatic hydroxyl groups is 1. The lowest BCUT2D eigenvalue weighted by Crippen LogP contribution is -2.05. The zero-order valence-electron chi connectivity index (χ0n) is 15.8. The molecule has 1 N–H and O–H groups in total. The minimum atomic E-state index is 0.405. The molecule has 0 amide bonds. The second kappa shape index (κ2) is 19.0. The Hall–Kier alpha value is -0.0400. The van der Waals surface area contributed by atoms with E-state index in [0.717, 1.165) is 0 Å². The van der Waals surface area contributed by atoms with Crippen molar-refractivity contribution in [3.63, 3.8) is 0 Å². The maximum absolute atomic E-state index is 9.40. The summed E-state index contributed by atoms with van der Waals surface area (Å²) in [6.07, 6.45) is 23.4. The summed E-state index contributed by atoms with van der Waals surface area (Å²) in [5, 5.41) is 9.40. The van der Waals surface area contributed by atoms with Crippen molar-refractivity contribution in [2.45, 2.75) is 123 Å². The molecule has 0 heterocycles. The van der Waals surface area contributed by atoms with E-state index in [1.165, 1.54) is 109 Å². The number of aliphatic hydroxyl groups excluding tert-OH is 1. The van der Waals surface area contributed by atoms with E-state index in [2.05, 4.69) is 13.8 Å². The van der Waals surface area contributed by atoms with Crippen LogP contribution in [0.2, 0.25) is 0 Å². The molecule has 0 spiro atoms. The van der Waals surface area contributed by atoms with Crippen molar-refractivity contribution in [3.8, 4) is 0 Å². The maximum Gasteiger partial charge on any atom is 0.0459 e. The van der Waals surface area contributed by atoms with Gasteiger partial charge in [-0.15, -0.1) is 0 Å². The van der Waals surface area contributed by atoms with E-state index < -0.39 is 0 Å². The van der Waals surface area contributed by atoms with Crippen molar-refractivity contribution in [3.05, 3.63) is 0 Å². The Bertz CT molecular complexity index is 190. The zero-order chi connectivity index (χ0) is 16.3. The Labute approximate surface area is 141 Å². The van der Waals surface area contributed by atoms with Crippen LogP contribution in [0.5, 0.6) is 0 Å². The van der Waals surface area contributed by atoms with E-state index in [-0.39, 0.29) is 0 Å². The molecule has 0 fully saturated rings. The second-order valence-electron chi connectivity index (χ2n) is 7.22. The number of unbranched alkanes of at least 4 members (excludes halogenated alkanes) is 13. The first-order chi connectivity index (χ1) is 10.8. The number of rotatable bonds is 18. The highest BCUT2D eigenvalue weighted by Crippen LogP contribution is 2.18. The molecule has 134 valence electrons. The molecule has 22 heavy (non-hydrogen) atoms. The zero-order valence-corrected chi connectivity index (χ0v) is 15.8. The summed E-state index contributed by atoms with van der Waals surface area (Å²) in [6.45, 7) is 4.94. The van der Waals surface area contributed by atoms with Gasteiger partial charge in [0.1, 0.15) is 0 Å². The van der Waals surface area contributed by atoms with E-state index in [9.17, 15) is 5.11 Å². The molecule has 1 unspecified atom stereocenters. The first kappa shape index (κ1) is 22.0. The standard InChI is InChI=1S/C21H44O/c1-3-5-7-8-9-10-11-12-13-14-15-17-19-21(20-22)18-16-6-4-2/h21-22H,3-20H2,1-2H3.